The smallest absolute Gasteiger partial charge is 0.236 e. The van der Waals surface area contributed by atoms with Gasteiger partial charge in [-0.1, -0.05) is 67.6 Å². The highest BCUT2D eigenvalue weighted by Crippen LogP contribution is 2.20. The Hall–Kier alpha value is -2.13. The molecule has 0 aromatic heterocycles. The Morgan fingerprint density at radius 3 is 1.90 bits per heavy atom. The predicted octanol–water partition coefficient (Wildman–Crippen LogP) is 4.96. The lowest BCUT2D eigenvalue weighted by Crippen LogP contribution is -2.43. The molecule has 1 heterocycles. The molecule has 1 aliphatic heterocycles. The summed E-state index contributed by atoms with van der Waals surface area (Å²) in [6.07, 6.45) is 7.76. The molecule has 156 valence electrons. The van der Waals surface area contributed by atoms with Crippen LogP contribution in [0.5, 0.6) is 0 Å². The summed E-state index contributed by atoms with van der Waals surface area (Å²) in [5.74, 6) is 0.328. The molecule has 29 heavy (non-hydrogen) atoms. The zero-order valence-corrected chi connectivity index (χ0v) is 17.9. The van der Waals surface area contributed by atoms with Gasteiger partial charge >= 0.3 is 0 Å². The Labute approximate surface area is 176 Å². The number of hydrogen-bond donors (Lipinski definition) is 0. The second kappa shape index (κ2) is 11.8. The highest BCUT2D eigenvalue weighted by atomic mass is 16.2. The molecular weight excluding hydrogens is 356 g/mol. The molecule has 0 unspecified atom stereocenters. The van der Waals surface area contributed by atoms with Gasteiger partial charge in [0.05, 0.1) is 6.54 Å². The van der Waals surface area contributed by atoms with Gasteiger partial charge in [0.25, 0.3) is 0 Å². The lowest BCUT2D eigenvalue weighted by atomic mass is 9.97. The fraction of sp³-hybridized carbons (Fsp3) is 0.500. The van der Waals surface area contributed by atoms with E-state index in [9.17, 15) is 4.79 Å². The zero-order valence-electron chi connectivity index (χ0n) is 17.9. The van der Waals surface area contributed by atoms with Crippen molar-refractivity contribution in [2.75, 3.05) is 26.2 Å². The van der Waals surface area contributed by atoms with Crippen LogP contribution in [0.4, 0.5) is 0 Å². The average Bonchev–Trinajstić information content (AvgIpc) is 2.95. The molecule has 0 spiro atoms. The minimum atomic E-state index is 0.328. The van der Waals surface area contributed by atoms with Gasteiger partial charge in [-0.15, -0.1) is 0 Å². The third-order valence-electron chi connectivity index (χ3n) is 6.13. The summed E-state index contributed by atoms with van der Waals surface area (Å²) in [4.78, 5) is 17.5. The van der Waals surface area contributed by atoms with Gasteiger partial charge in [0, 0.05) is 19.1 Å². The van der Waals surface area contributed by atoms with Crippen LogP contribution in [-0.2, 0) is 17.6 Å². The van der Waals surface area contributed by atoms with E-state index in [2.05, 4.69) is 77.4 Å². The van der Waals surface area contributed by atoms with Crippen molar-refractivity contribution in [1.29, 1.82) is 0 Å². The molecule has 0 N–H and O–H groups in total. The second-order valence-corrected chi connectivity index (χ2v) is 8.22. The number of nitrogens with zero attached hydrogens (tertiary/aromatic N) is 2. The van der Waals surface area contributed by atoms with Gasteiger partial charge in [0.2, 0.25) is 5.91 Å². The van der Waals surface area contributed by atoms with Crippen LogP contribution in [0.15, 0.2) is 60.7 Å². The number of carbonyl (C=O) groups excluding carboxylic acids is 1. The van der Waals surface area contributed by atoms with Gasteiger partial charge in [-0.25, -0.2) is 0 Å². The van der Waals surface area contributed by atoms with E-state index in [1.165, 1.54) is 11.1 Å². The topological polar surface area (TPSA) is 23.6 Å². The Bertz CT molecular complexity index is 671. The van der Waals surface area contributed by atoms with E-state index >= 15 is 0 Å². The first kappa shape index (κ1) is 21.6. The van der Waals surface area contributed by atoms with Crippen LogP contribution >= 0.6 is 0 Å². The summed E-state index contributed by atoms with van der Waals surface area (Å²) in [6.45, 7) is 5.66. The first-order valence-corrected chi connectivity index (χ1v) is 11.4. The van der Waals surface area contributed by atoms with Gasteiger partial charge in [-0.05, 0) is 62.6 Å². The summed E-state index contributed by atoms with van der Waals surface area (Å²) in [6, 6.07) is 21.8. The molecule has 3 heteroatoms. The van der Waals surface area contributed by atoms with Crippen molar-refractivity contribution >= 4 is 5.91 Å². The van der Waals surface area contributed by atoms with Crippen LogP contribution < -0.4 is 0 Å². The molecule has 2 aromatic carbocycles. The third kappa shape index (κ3) is 7.01. The molecule has 1 saturated heterocycles. The molecule has 1 fully saturated rings. The molecule has 1 amide bonds. The zero-order chi connectivity index (χ0) is 20.3. The fourth-order valence-electron chi connectivity index (χ4n) is 4.44. The fourth-order valence-corrected chi connectivity index (χ4v) is 4.44. The monoisotopic (exact) mass is 392 g/mol. The standard InChI is InChI=1S/C26H36N2O/c1-2-27-20-11-21-28(26(29)22-27)25(18-9-16-23-12-5-3-6-13-23)19-10-17-24-14-7-4-8-15-24/h3-8,12-15,25H,2,9-11,16-22H2,1H3. The van der Waals surface area contributed by atoms with Crippen molar-refractivity contribution in [1.82, 2.24) is 9.80 Å². The van der Waals surface area contributed by atoms with E-state index in [1.807, 2.05) is 0 Å². The Morgan fingerprint density at radius 1 is 0.828 bits per heavy atom. The number of benzene rings is 2. The van der Waals surface area contributed by atoms with E-state index in [-0.39, 0.29) is 0 Å². The molecular formula is C26H36N2O. The maximum atomic E-state index is 13.0. The summed E-state index contributed by atoms with van der Waals surface area (Å²) < 4.78 is 0. The van der Waals surface area contributed by atoms with E-state index < -0.39 is 0 Å². The van der Waals surface area contributed by atoms with E-state index in [4.69, 9.17) is 0 Å². The van der Waals surface area contributed by atoms with Gasteiger partial charge in [0.1, 0.15) is 0 Å². The highest BCUT2D eigenvalue weighted by molar-refractivity contribution is 5.78. The largest absolute Gasteiger partial charge is 0.339 e. The number of rotatable bonds is 10. The molecule has 3 rings (SSSR count). The van der Waals surface area contributed by atoms with Gasteiger partial charge < -0.3 is 4.90 Å². The Kier molecular flexibility index (Phi) is 8.76. The summed E-state index contributed by atoms with van der Waals surface area (Å²) in [5.41, 5.74) is 2.80. The van der Waals surface area contributed by atoms with Crippen LogP contribution in [0.2, 0.25) is 0 Å². The second-order valence-electron chi connectivity index (χ2n) is 8.22. The number of amides is 1. The molecule has 2 aromatic rings. The summed E-state index contributed by atoms with van der Waals surface area (Å²) in [7, 11) is 0. The van der Waals surface area contributed by atoms with Gasteiger partial charge in [-0.2, -0.15) is 0 Å². The molecule has 3 nitrogen and oxygen atoms in total. The van der Waals surface area contributed by atoms with Crippen LogP contribution in [0.25, 0.3) is 0 Å². The minimum absolute atomic E-state index is 0.328. The van der Waals surface area contributed by atoms with Crippen molar-refractivity contribution in [3.63, 3.8) is 0 Å². The van der Waals surface area contributed by atoms with Crippen molar-refractivity contribution in [2.45, 2.75) is 57.9 Å². The molecule has 1 aliphatic rings. The van der Waals surface area contributed by atoms with Crippen molar-refractivity contribution in [3.05, 3.63) is 71.8 Å². The van der Waals surface area contributed by atoms with E-state index in [0.717, 1.165) is 64.6 Å². The van der Waals surface area contributed by atoms with Crippen LogP contribution in [0.3, 0.4) is 0 Å². The van der Waals surface area contributed by atoms with Gasteiger partial charge in [0.15, 0.2) is 0 Å². The molecule has 0 atom stereocenters. The predicted molar refractivity (Wildman–Crippen MR) is 121 cm³/mol. The molecule has 0 saturated carbocycles. The maximum absolute atomic E-state index is 13.0. The highest BCUT2D eigenvalue weighted by Gasteiger charge is 2.26. The lowest BCUT2D eigenvalue weighted by Gasteiger charge is -2.31. The lowest BCUT2D eigenvalue weighted by molar-refractivity contribution is -0.133. The Morgan fingerprint density at radius 2 is 1.38 bits per heavy atom. The normalized spacial score (nSPS) is 15.7. The third-order valence-corrected chi connectivity index (χ3v) is 6.13. The maximum Gasteiger partial charge on any atom is 0.236 e. The number of hydrogen-bond acceptors (Lipinski definition) is 2. The van der Waals surface area contributed by atoms with Crippen molar-refractivity contribution in [3.8, 4) is 0 Å². The Balaban J connectivity index is 1.59. The first-order valence-electron chi connectivity index (χ1n) is 11.4. The first-order chi connectivity index (χ1) is 14.3. The van der Waals surface area contributed by atoms with Crippen LogP contribution in [0.1, 0.15) is 50.2 Å². The average molecular weight is 393 g/mol. The number of carbonyl (C=O) groups is 1. The number of aryl methyl sites for hydroxylation is 2. The summed E-state index contributed by atoms with van der Waals surface area (Å²) in [5, 5.41) is 0. The molecule has 0 radical (unpaired) electrons. The van der Waals surface area contributed by atoms with Gasteiger partial charge in [-0.3, -0.25) is 9.69 Å². The van der Waals surface area contributed by atoms with Crippen molar-refractivity contribution in [2.24, 2.45) is 0 Å². The van der Waals surface area contributed by atoms with Crippen LogP contribution in [0, 0.1) is 0 Å². The van der Waals surface area contributed by atoms with E-state index in [1.54, 1.807) is 0 Å². The minimum Gasteiger partial charge on any atom is -0.339 e. The van der Waals surface area contributed by atoms with Crippen molar-refractivity contribution < 1.29 is 4.79 Å². The SMILES string of the molecule is CCN1CCCN(C(CCCc2ccccc2)CCCc2ccccc2)C(=O)C1. The summed E-state index contributed by atoms with van der Waals surface area (Å²) >= 11 is 0. The molecule has 0 aliphatic carbocycles. The quantitative estimate of drug-likeness (QED) is 0.571. The van der Waals surface area contributed by atoms with E-state index in [0.29, 0.717) is 18.5 Å². The number of likely N-dealkylation sites (N-methyl/N-ethyl adjacent to an activating group) is 1. The van der Waals surface area contributed by atoms with Crippen LogP contribution in [-0.4, -0.2) is 47.9 Å². The molecule has 0 bridgehead atoms.